The fourth-order valence-electron chi connectivity index (χ4n) is 1.89. The Bertz CT molecular complexity index is 520. The Kier molecular flexibility index (Phi) is 4.08. The first-order chi connectivity index (χ1) is 8.61. The van der Waals surface area contributed by atoms with Crippen molar-refractivity contribution in [3.63, 3.8) is 0 Å². The second-order valence-electron chi connectivity index (χ2n) is 4.06. The molecule has 1 N–H and O–H groups in total. The highest BCUT2D eigenvalue weighted by Gasteiger charge is 2.18. The molecule has 4 nitrogen and oxygen atoms in total. The molecule has 96 valence electrons. The fraction of sp³-hybridized carbons (Fsp3) is 0.333. The van der Waals surface area contributed by atoms with E-state index in [9.17, 15) is 4.39 Å². The molecule has 0 aliphatic heterocycles. The van der Waals surface area contributed by atoms with Gasteiger partial charge in [-0.15, -0.1) is 5.10 Å². The monoisotopic (exact) mass is 312 g/mol. The Hall–Kier alpha value is -1.27. The van der Waals surface area contributed by atoms with Crippen LogP contribution in [0.5, 0.6) is 0 Å². The summed E-state index contributed by atoms with van der Waals surface area (Å²) in [4.78, 5) is 0. The van der Waals surface area contributed by atoms with Gasteiger partial charge in [0.2, 0.25) is 0 Å². The van der Waals surface area contributed by atoms with Crippen LogP contribution >= 0.6 is 15.9 Å². The average Bonchev–Trinajstić information content (AvgIpc) is 2.73. The van der Waals surface area contributed by atoms with Gasteiger partial charge in [-0.2, -0.15) is 0 Å². The summed E-state index contributed by atoms with van der Waals surface area (Å²) in [5.41, 5.74) is 1.44. The summed E-state index contributed by atoms with van der Waals surface area (Å²) in [7, 11) is 3.61. The first-order valence-corrected chi connectivity index (χ1v) is 6.37. The molecule has 0 saturated heterocycles. The van der Waals surface area contributed by atoms with E-state index >= 15 is 0 Å². The summed E-state index contributed by atoms with van der Waals surface area (Å²) in [6.07, 6.45) is 2.42. The maximum Gasteiger partial charge on any atom is 0.129 e. The van der Waals surface area contributed by atoms with Crippen LogP contribution in [-0.2, 0) is 13.5 Å². The van der Waals surface area contributed by atoms with Gasteiger partial charge in [0, 0.05) is 35.7 Å². The quantitative estimate of drug-likeness (QED) is 0.941. The van der Waals surface area contributed by atoms with Gasteiger partial charge in [0.25, 0.3) is 0 Å². The predicted molar refractivity (Wildman–Crippen MR) is 70.6 cm³/mol. The number of rotatable bonds is 4. The fourth-order valence-corrected chi connectivity index (χ4v) is 2.51. The maximum atomic E-state index is 13.9. The highest BCUT2D eigenvalue weighted by Crippen LogP contribution is 2.27. The SMILES string of the molecule is CNC(Cc1cn(C)nn1)c1c(F)cccc1Br. The van der Waals surface area contributed by atoms with Crippen LogP contribution in [0.15, 0.2) is 28.9 Å². The van der Waals surface area contributed by atoms with E-state index in [0.29, 0.717) is 12.0 Å². The number of aromatic nitrogens is 3. The summed E-state index contributed by atoms with van der Waals surface area (Å²) in [6, 6.07) is 4.83. The second-order valence-corrected chi connectivity index (χ2v) is 4.92. The van der Waals surface area contributed by atoms with Gasteiger partial charge in [-0.1, -0.05) is 27.2 Å². The van der Waals surface area contributed by atoms with Crippen molar-refractivity contribution in [2.45, 2.75) is 12.5 Å². The Morgan fingerprint density at radius 1 is 1.50 bits per heavy atom. The van der Waals surface area contributed by atoms with E-state index in [1.165, 1.54) is 6.07 Å². The molecule has 6 heteroatoms. The Balaban J connectivity index is 2.28. The van der Waals surface area contributed by atoms with Crippen molar-refractivity contribution < 1.29 is 4.39 Å². The Morgan fingerprint density at radius 2 is 2.28 bits per heavy atom. The molecule has 1 aromatic carbocycles. The first-order valence-electron chi connectivity index (χ1n) is 5.58. The number of benzene rings is 1. The molecule has 0 aliphatic carbocycles. The zero-order valence-corrected chi connectivity index (χ0v) is 11.8. The van der Waals surface area contributed by atoms with E-state index < -0.39 is 0 Å². The van der Waals surface area contributed by atoms with Crippen LogP contribution in [0.2, 0.25) is 0 Å². The maximum absolute atomic E-state index is 13.9. The van der Waals surface area contributed by atoms with Crippen LogP contribution in [0.4, 0.5) is 4.39 Å². The molecule has 2 rings (SSSR count). The molecule has 18 heavy (non-hydrogen) atoms. The standard InChI is InChI=1S/C12H14BrFN4/c1-15-11(6-8-7-18(2)17-16-8)12-9(13)4-3-5-10(12)14/h3-5,7,11,15H,6H2,1-2H3. The van der Waals surface area contributed by atoms with E-state index in [-0.39, 0.29) is 11.9 Å². The van der Waals surface area contributed by atoms with Gasteiger partial charge in [0.1, 0.15) is 5.82 Å². The molecule has 0 spiro atoms. The van der Waals surface area contributed by atoms with Crippen LogP contribution in [0, 0.1) is 5.82 Å². The number of likely N-dealkylation sites (N-methyl/N-ethyl adjacent to an activating group) is 1. The number of hydrogen-bond acceptors (Lipinski definition) is 3. The van der Waals surface area contributed by atoms with Crippen molar-refractivity contribution in [3.8, 4) is 0 Å². The predicted octanol–water partition coefficient (Wildman–Crippen LogP) is 2.22. The molecule has 1 aromatic heterocycles. The molecule has 0 radical (unpaired) electrons. The lowest BCUT2D eigenvalue weighted by atomic mass is 10.0. The minimum absolute atomic E-state index is 0.141. The van der Waals surface area contributed by atoms with Crippen LogP contribution < -0.4 is 5.32 Å². The molecule has 0 bridgehead atoms. The Morgan fingerprint density at radius 3 is 2.83 bits per heavy atom. The largest absolute Gasteiger partial charge is 0.313 e. The third-order valence-electron chi connectivity index (χ3n) is 2.76. The lowest BCUT2D eigenvalue weighted by Gasteiger charge is -2.17. The van der Waals surface area contributed by atoms with Gasteiger partial charge in [-0.25, -0.2) is 4.39 Å². The van der Waals surface area contributed by atoms with Crippen LogP contribution in [0.1, 0.15) is 17.3 Å². The number of aryl methyl sites for hydroxylation is 1. The number of halogens is 2. The van der Waals surface area contributed by atoms with E-state index in [2.05, 4.69) is 31.6 Å². The zero-order valence-electron chi connectivity index (χ0n) is 10.2. The first kappa shape index (κ1) is 13.2. The lowest BCUT2D eigenvalue weighted by Crippen LogP contribution is -2.20. The molecule has 0 amide bonds. The third-order valence-corrected chi connectivity index (χ3v) is 3.45. The average molecular weight is 313 g/mol. The van der Waals surface area contributed by atoms with Crippen LogP contribution in [0.25, 0.3) is 0 Å². The smallest absolute Gasteiger partial charge is 0.129 e. The summed E-state index contributed by atoms with van der Waals surface area (Å²) in [5.74, 6) is -0.229. The van der Waals surface area contributed by atoms with Gasteiger partial charge in [0.05, 0.1) is 5.69 Å². The molecule has 1 heterocycles. The molecule has 0 fully saturated rings. The summed E-state index contributed by atoms with van der Waals surface area (Å²) in [5, 5.41) is 11.0. The lowest BCUT2D eigenvalue weighted by molar-refractivity contribution is 0.527. The van der Waals surface area contributed by atoms with Crippen molar-refractivity contribution in [2.24, 2.45) is 7.05 Å². The van der Waals surface area contributed by atoms with Crippen molar-refractivity contribution >= 4 is 15.9 Å². The van der Waals surface area contributed by atoms with E-state index in [0.717, 1.165) is 10.2 Å². The Labute approximate surface area is 113 Å². The van der Waals surface area contributed by atoms with E-state index in [4.69, 9.17) is 0 Å². The van der Waals surface area contributed by atoms with Gasteiger partial charge in [0.15, 0.2) is 0 Å². The minimum Gasteiger partial charge on any atom is -0.313 e. The van der Waals surface area contributed by atoms with Gasteiger partial charge in [-0.05, 0) is 19.2 Å². The van der Waals surface area contributed by atoms with Gasteiger partial charge in [-0.3, -0.25) is 4.68 Å². The molecule has 1 unspecified atom stereocenters. The molecular formula is C12H14BrFN4. The normalized spacial score (nSPS) is 12.7. The second kappa shape index (κ2) is 5.58. The number of nitrogens with one attached hydrogen (secondary N) is 1. The van der Waals surface area contributed by atoms with E-state index in [1.807, 2.05) is 19.3 Å². The van der Waals surface area contributed by atoms with Crippen molar-refractivity contribution in [1.29, 1.82) is 0 Å². The molecule has 2 aromatic rings. The third kappa shape index (κ3) is 2.76. The van der Waals surface area contributed by atoms with Gasteiger partial charge >= 0.3 is 0 Å². The van der Waals surface area contributed by atoms with Crippen LogP contribution in [-0.4, -0.2) is 22.0 Å². The minimum atomic E-state index is -0.229. The highest BCUT2D eigenvalue weighted by molar-refractivity contribution is 9.10. The summed E-state index contributed by atoms with van der Waals surface area (Å²) in [6.45, 7) is 0. The number of nitrogens with zero attached hydrogens (tertiary/aromatic N) is 3. The van der Waals surface area contributed by atoms with Gasteiger partial charge < -0.3 is 5.32 Å². The summed E-state index contributed by atoms with van der Waals surface area (Å²) >= 11 is 3.39. The molecule has 0 aliphatic rings. The van der Waals surface area contributed by atoms with Crippen LogP contribution in [0.3, 0.4) is 0 Å². The molecule has 1 atom stereocenters. The van der Waals surface area contributed by atoms with Crippen molar-refractivity contribution in [1.82, 2.24) is 20.3 Å². The topological polar surface area (TPSA) is 42.7 Å². The van der Waals surface area contributed by atoms with Crippen molar-refractivity contribution in [2.75, 3.05) is 7.05 Å². The summed E-state index contributed by atoms with van der Waals surface area (Å²) < 4.78 is 16.3. The zero-order chi connectivity index (χ0) is 13.1. The van der Waals surface area contributed by atoms with E-state index in [1.54, 1.807) is 17.8 Å². The van der Waals surface area contributed by atoms with Crippen molar-refractivity contribution in [3.05, 3.63) is 45.9 Å². The molecule has 0 saturated carbocycles. The highest BCUT2D eigenvalue weighted by atomic mass is 79.9. The number of hydrogen-bond donors (Lipinski definition) is 1. The molecular weight excluding hydrogens is 299 g/mol.